The Bertz CT molecular complexity index is 520. The zero-order chi connectivity index (χ0) is 15.3. The normalized spacial score (nSPS) is 11.8. The number of hydrogen-bond acceptors (Lipinski definition) is 5. The van der Waals surface area contributed by atoms with Gasteiger partial charge < -0.3 is 16.2 Å². The Labute approximate surface area is 117 Å². The molecule has 0 unspecified atom stereocenters. The summed E-state index contributed by atoms with van der Waals surface area (Å²) in [5.74, 6) is -1.80. The highest BCUT2D eigenvalue weighted by molar-refractivity contribution is 5.95. The minimum atomic E-state index is -1.04. The van der Waals surface area contributed by atoms with Crippen LogP contribution < -0.4 is 11.5 Å². The number of esters is 1. The fourth-order valence-corrected chi connectivity index (χ4v) is 1.78. The van der Waals surface area contributed by atoms with Gasteiger partial charge in [-0.05, 0) is 25.0 Å². The van der Waals surface area contributed by atoms with Crippen molar-refractivity contribution >= 4 is 17.7 Å². The number of amides is 1. The van der Waals surface area contributed by atoms with Crippen LogP contribution in [0.3, 0.4) is 0 Å². The van der Waals surface area contributed by atoms with Gasteiger partial charge in [-0.3, -0.25) is 9.59 Å². The van der Waals surface area contributed by atoms with Crippen LogP contribution >= 0.6 is 0 Å². The van der Waals surface area contributed by atoms with E-state index in [0.29, 0.717) is 5.56 Å². The Morgan fingerprint density at radius 1 is 1.20 bits per heavy atom. The molecule has 6 heteroatoms. The van der Waals surface area contributed by atoms with Gasteiger partial charge in [0.2, 0.25) is 5.91 Å². The van der Waals surface area contributed by atoms with Crippen molar-refractivity contribution in [3.05, 3.63) is 34.9 Å². The van der Waals surface area contributed by atoms with E-state index in [1.165, 1.54) is 0 Å². The molecule has 6 nitrogen and oxygen atoms in total. The Hall–Kier alpha value is -2.21. The van der Waals surface area contributed by atoms with E-state index in [1.54, 1.807) is 26.0 Å². The SMILES string of the molecule is Cc1cccc(C)c1C(=O)OCC(=O)[C@@H](N)CC(N)=O. The molecule has 1 atom stereocenters. The molecule has 0 saturated carbocycles. The average molecular weight is 278 g/mol. The van der Waals surface area contributed by atoms with Crippen molar-refractivity contribution in [2.24, 2.45) is 11.5 Å². The molecule has 0 saturated heterocycles. The Morgan fingerprint density at radius 2 is 1.75 bits per heavy atom. The highest BCUT2D eigenvalue weighted by Crippen LogP contribution is 2.14. The van der Waals surface area contributed by atoms with Gasteiger partial charge in [-0.15, -0.1) is 0 Å². The number of nitrogens with two attached hydrogens (primary N) is 2. The standard InChI is InChI=1S/C14H18N2O4/c1-8-4-3-5-9(2)13(8)14(19)20-7-11(17)10(15)6-12(16)18/h3-5,10H,6-7,15H2,1-2H3,(H2,16,18)/t10-/m0/s1. The predicted molar refractivity (Wildman–Crippen MR) is 73.0 cm³/mol. The average Bonchev–Trinajstić information content (AvgIpc) is 2.34. The van der Waals surface area contributed by atoms with E-state index in [9.17, 15) is 14.4 Å². The summed E-state index contributed by atoms with van der Waals surface area (Å²) in [6.45, 7) is 3.09. The molecular weight excluding hydrogens is 260 g/mol. The molecule has 20 heavy (non-hydrogen) atoms. The van der Waals surface area contributed by atoms with Crippen LogP contribution in [0.25, 0.3) is 0 Å². The third-order valence-corrected chi connectivity index (χ3v) is 2.87. The maximum absolute atomic E-state index is 11.9. The van der Waals surface area contributed by atoms with Crippen LogP contribution in [0, 0.1) is 13.8 Å². The van der Waals surface area contributed by atoms with Gasteiger partial charge in [0.25, 0.3) is 0 Å². The quantitative estimate of drug-likeness (QED) is 0.723. The van der Waals surface area contributed by atoms with Crippen molar-refractivity contribution in [2.45, 2.75) is 26.3 Å². The molecule has 1 amide bonds. The lowest BCUT2D eigenvalue weighted by Crippen LogP contribution is -2.37. The lowest BCUT2D eigenvalue weighted by molar-refractivity contribution is -0.126. The van der Waals surface area contributed by atoms with E-state index in [-0.39, 0.29) is 6.42 Å². The second-order valence-corrected chi connectivity index (χ2v) is 4.59. The van der Waals surface area contributed by atoms with Crippen molar-refractivity contribution in [3.63, 3.8) is 0 Å². The lowest BCUT2D eigenvalue weighted by atomic mass is 10.0. The van der Waals surface area contributed by atoms with Crippen LogP contribution in [0.4, 0.5) is 0 Å². The van der Waals surface area contributed by atoms with Crippen LogP contribution in [0.5, 0.6) is 0 Å². The highest BCUT2D eigenvalue weighted by atomic mass is 16.5. The van der Waals surface area contributed by atoms with Crippen LogP contribution in [-0.2, 0) is 14.3 Å². The van der Waals surface area contributed by atoms with Gasteiger partial charge in [-0.2, -0.15) is 0 Å². The fraction of sp³-hybridized carbons (Fsp3) is 0.357. The van der Waals surface area contributed by atoms with Crippen molar-refractivity contribution in [2.75, 3.05) is 6.61 Å². The van der Waals surface area contributed by atoms with Gasteiger partial charge in [0, 0.05) is 6.42 Å². The van der Waals surface area contributed by atoms with Gasteiger partial charge >= 0.3 is 5.97 Å². The molecule has 0 aliphatic carbocycles. The molecule has 0 fully saturated rings. The molecule has 1 aromatic rings. The Morgan fingerprint density at radius 3 is 2.25 bits per heavy atom. The summed E-state index contributed by atoms with van der Waals surface area (Å²) in [7, 11) is 0. The fourth-order valence-electron chi connectivity index (χ4n) is 1.78. The number of benzene rings is 1. The van der Waals surface area contributed by atoms with Crippen molar-refractivity contribution in [3.8, 4) is 0 Å². The first-order chi connectivity index (χ1) is 9.32. The first-order valence-electron chi connectivity index (χ1n) is 6.13. The summed E-state index contributed by atoms with van der Waals surface area (Å²) in [5.41, 5.74) is 12.4. The molecule has 0 bridgehead atoms. The van der Waals surface area contributed by atoms with Crippen molar-refractivity contribution in [1.82, 2.24) is 0 Å². The van der Waals surface area contributed by atoms with Crippen LogP contribution in [-0.4, -0.2) is 30.3 Å². The van der Waals surface area contributed by atoms with Gasteiger partial charge in [0.1, 0.15) is 0 Å². The number of carbonyl (C=O) groups is 3. The third kappa shape index (κ3) is 4.17. The topological polar surface area (TPSA) is 112 Å². The van der Waals surface area contributed by atoms with Crippen LogP contribution in [0.2, 0.25) is 0 Å². The number of aryl methyl sites for hydroxylation is 2. The smallest absolute Gasteiger partial charge is 0.339 e. The zero-order valence-corrected chi connectivity index (χ0v) is 11.5. The first-order valence-corrected chi connectivity index (χ1v) is 6.13. The minimum Gasteiger partial charge on any atom is -0.454 e. The summed E-state index contributed by atoms with van der Waals surface area (Å²) in [5, 5.41) is 0. The predicted octanol–water partition coefficient (Wildman–Crippen LogP) is 0.232. The molecule has 1 rings (SSSR count). The van der Waals surface area contributed by atoms with E-state index in [0.717, 1.165) is 11.1 Å². The molecule has 0 aliphatic heterocycles. The molecule has 0 spiro atoms. The van der Waals surface area contributed by atoms with Gasteiger partial charge in [-0.25, -0.2) is 4.79 Å². The van der Waals surface area contributed by atoms with E-state index in [2.05, 4.69) is 0 Å². The molecule has 4 N–H and O–H groups in total. The monoisotopic (exact) mass is 278 g/mol. The van der Waals surface area contributed by atoms with E-state index >= 15 is 0 Å². The van der Waals surface area contributed by atoms with Gasteiger partial charge in [-0.1, -0.05) is 18.2 Å². The summed E-state index contributed by atoms with van der Waals surface area (Å²) >= 11 is 0. The van der Waals surface area contributed by atoms with Gasteiger partial charge in [0.05, 0.1) is 11.6 Å². The molecule has 1 aromatic carbocycles. The number of carbonyl (C=O) groups excluding carboxylic acids is 3. The van der Waals surface area contributed by atoms with Crippen LogP contribution in [0.1, 0.15) is 27.9 Å². The zero-order valence-electron chi connectivity index (χ0n) is 11.5. The summed E-state index contributed by atoms with van der Waals surface area (Å²) in [6.07, 6.45) is -0.264. The number of rotatable bonds is 6. The molecule has 0 aliphatic rings. The number of Topliss-reactive ketones (excluding diaryl/α,β-unsaturated/α-hetero) is 1. The molecular formula is C14H18N2O4. The highest BCUT2D eigenvalue weighted by Gasteiger charge is 2.19. The maximum Gasteiger partial charge on any atom is 0.339 e. The maximum atomic E-state index is 11.9. The Balaban J connectivity index is 2.64. The number of hydrogen-bond donors (Lipinski definition) is 2. The third-order valence-electron chi connectivity index (χ3n) is 2.87. The summed E-state index contributed by atoms with van der Waals surface area (Å²) in [6, 6.07) is 4.35. The van der Waals surface area contributed by atoms with E-state index in [4.69, 9.17) is 16.2 Å². The first kappa shape index (κ1) is 15.8. The van der Waals surface area contributed by atoms with Crippen molar-refractivity contribution < 1.29 is 19.1 Å². The van der Waals surface area contributed by atoms with Crippen molar-refractivity contribution in [1.29, 1.82) is 0 Å². The van der Waals surface area contributed by atoms with E-state index in [1.807, 2.05) is 6.07 Å². The Kier molecular flexibility index (Phi) is 5.40. The molecule has 108 valence electrons. The van der Waals surface area contributed by atoms with Gasteiger partial charge in [0.15, 0.2) is 12.4 Å². The number of primary amides is 1. The summed E-state index contributed by atoms with van der Waals surface area (Å²) in [4.78, 5) is 34.1. The number of ketones is 1. The number of ether oxygens (including phenoxy) is 1. The van der Waals surface area contributed by atoms with Crippen LogP contribution in [0.15, 0.2) is 18.2 Å². The van der Waals surface area contributed by atoms with E-state index < -0.39 is 30.3 Å². The molecule has 0 radical (unpaired) electrons. The molecule has 0 aromatic heterocycles. The summed E-state index contributed by atoms with van der Waals surface area (Å²) < 4.78 is 4.93. The largest absolute Gasteiger partial charge is 0.454 e. The minimum absolute atomic E-state index is 0.264. The second kappa shape index (κ2) is 6.81. The second-order valence-electron chi connectivity index (χ2n) is 4.59. The lowest BCUT2D eigenvalue weighted by Gasteiger charge is -2.11. The molecule has 0 heterocycles.